The van der Waals surface area contributed by atoms with Crippen LogP contribution in [0.3, 0.4) is 0 Å². The molecule has 1 unspecified atom stereocenters. The largest absolute Gasteiger partial charge is 0.490 e. The molecule has 1 aliphatic rings. The van der Waals surface area contributed by atoms with Gasteiger partial charge in [-0.1, -0.05) is 23.2 Å². The number of anilines is 1. The lowest BCUT2D eigenvalue weighted by Gasteiger charge is -2.34. The Balaban J connectivity index is 0.00000196. The Morgan fingerprint density at radius 1 is 1.23 bits per heavy atom. The Labute approximate surface area is 166 Å². The maximum atomic E-state index is 6.02. The molecular formula is C17H17Cl3N4O2. The minimum absolute atomic E-state index is 0. The van der Waals surface area contributed by atoms with Crippen molar-refractivity contribution >= 4 is 52.7 Å². The first-order valence-corrected chi connectivity index (χ1v) is 8.71. The summed E-state index contributed by atoms with van der Waals surface area (Å²) in [7, 11) is 0. The third-order valence-electron chi connectivity index (χ3n) is 4.06. The zero-order valence-corrected chi connectivity index (χ0v) is 16.0. The quantitative estimate of drug-likeness (QED) is 0.699. The first-order chi connectivity index (χ1) is 12.2. The predicted octanol–water partition coefficient (Wildman–Crippen LogP) is 3.81. The topological polar surface area (TPSA) is 63.4 Å². The van der Waals surface area contributed by atoms with Crippen molar-refractivity contribution in [2.45, 2.75) is 6.04 Å². The van der Waals surface area contributed by atoms with Crippen LogP contribution in [0.5, 0.6) is 5.75 Å². The average molecular weight is 416 g/mol. The lowest BCUT2D eigenvalue weighted by molar-refractivity contribution is 0.261. The SMILES string of the molecule is Cl.Clc1cncc(OCC2CNCCN2c2nc3ccc(Cl)cc3o2)c1. The van der Waals surface area contributed by atoms with Gasteiger partial charge in [0, 0.05) is 43.0 Å². The molecule has 1 saturated heterocycles. The van der Waals surface area contributed by atoms with Crippen LogP contribution >= 0.6 is 35.6 Å². The molecule has 3 heterocycles. The molecular weight excluding hydrogens is 399 g/mol. The summed E-state index contributed by atoms with van der Waals surface area (Å²) < 4.78 is 11.8. The first-order valence-electron chi connectivity index (χ1n) is 7.96. The van der Waals surface area contributed by atoms with Gasteiger partial charge in [0.1, 0.15) is 17.9 Å². The van der Waals surface area contributed by atoms with Crippen molar-refractivity contribution in [2.75, 3.05) is 31.1 Å². The summed E-state index contributed by atoms with van der Waals surface area (Å²) in [5.41, 5.74) is 1.47. The maximum Gasteiger partial charge on any atom is 0.298 e. The summed E-state index contributed by atoms with van der Waals surface area (Å²) in [6, 6.07) is 7.85. The van der Waals surface area contributed by atoms with Crippen LogP contribution < -0.4 is 15.0 Å². The number of nitrogens with zero attached hydrogens (tertiary/aromatic N) is 3. The number of ether oxygens (including phenoxy) is 1. The van der Waals surface area contributed by atoms with E-state index in [2.05, 4.69) is 20.2 Å². The number of hydrogen-bond donors (Lipinski definition) is 1. The van der Waals surface area contributed by atoms with Crippen LogP contribution in [0.4, 0.5) is 6.01 Å². The van der Waals surface area contributed by atoms with Crippen molar-refractivity contribution in [3.8, 4) is 5.75 Å². The number of rotatable bonds is 4. The molecule has 0 saturated carbocycles. The second-order valence-corrected chi connectivity index (χ2v) is 6.68. The molecule has 1 atom stereocenters. The van der Waals surface area contributed by atoms with Gasteiger partial charge in [0.15, 0.2) is 5.58 Å². The molecule has 3 aromatic rings. The Kier molecular flexibility index (Phi) is 6.09. The van der Waals surface area contributed by atoms with Crippen LogP contribution in [0.25, 0.3) is 11.1 Å². The van der Waals surface area contributed by atoms with Gasteiger partial charge in [-0.15, -0.1) is 12.4 Å². The van der Waals surface area contributed by atoms with Crippen molar-refractivity contribution < 1.29 is 9.15 Å². The van der Waals surface area contributed by atoms with Gasteiger partial charge in [-0.2, -0.15) is 4.98 Å². The summed E-state index contributed by atoms with van der Waals surface area (Å²) >= 11 is 12.0. The molecule has 1 N–H and O–H groups in total. The number of hydrogen-bond acceptors (Lipinski definition) is 6. The number of benzene rings is 1. The summed E-state index contributed by atoms with van der Waals surface area (Å²) in [4.78, 5) is 10.7. The maximum absolute atomic E-state index is 6.02. The summed E-state index contributed by atoms with van der Waals surface area (Å²) in [5.74, 6) is 0.641. The van der Waals surface area contributed by atoms with Gasteiger partial charge >= 0.3 is 0 Å². The molecule has 0 spiro atoms. The normalized spacial score (nSPS) is 17.2. The predicted molar refractivity (Wildman–Crippen MR) is 105 cm³/mol. The molecule has 0 amide bonds. The molecule has 138 valence electrons. The smallest absolute Gasteiger partial charge is 0.298 e. The fourth-order valence-corrected chi connectivity index (χ4v) is 3.16. The minimum atomic E-state index is 0. The van der Waals surface area contributed by atoms with Gasteiger partial charge < -0.3 is 19.4 Å². The zero-order chi connectivity index (χ0) is 17.2. The molecule has 26 heavy (non-hydrogen) atoms. The van der Waals surface area contributed by atoms with Gasteiger partial charge in [-0.05, 0) is 12.1 Å². The van der Waals surface area contributed by atoms with Crippen LogP contribution in [0.2, 0.25) is 10.0 Å². The van der Waals surface area contributed by atoms with Crippen molar-refractivity contribution in [3.05, 3.63) is 46.7 Å². The van der Waals surface area contributed by atoms with Crippen molar-refractivity contribution in [1.29, 1.82) is 0 Å². The fourth-order valence-electron chi connectivity index (χ4n) is 2.83. The van der Waals surface area contributed by atoms with Gasteiger partial charge in [0.2, 0.25) is 0 Å². The van der Waals surface area contributed by atoms with Gasteiger partial charge in [-0.25, -0.2) is 0 Å². The van der Waals surface area contributed by atoms with Crippen LogP contribution in [-0.4, -0.2) is 42.3 Å². The monoisotopic (exact) mass is 414 g/mol. The molecule has 0 bridgehead atoms. The average Bonchev–Trinajstić information content (AvgIpc) is 3.03. The Bertz CT molecular complexity index is 889. The van der Waals surface area contributed by atoms with Crippen LogP contribution in [-0.2, 0) is 0 Å². The number of aromatic nitrogens is 2. The number of halogens is 3. The summed E-state index contributed by atoms with van der Waals surface area (Å²) in [6.07, 6.45) is 3.22. The van der Waals surface area contributed by atoms with E-state index in [0.29, 0.717) is 34.0 Å². The Morgan fingerprint density at radius 2 is 2.12 bits per heavy atom. The van der Waals surface area contributed by atoms with Gasteiger partial charge in [0.05, 0.1) is 17.3 Å². The molecule has 0 radical (unpaired) electrons. The second kappa shape index (κ2) is 8.31. The van der Waals surface area contributed by atoms with Crippen molar-refractivity contribution in [3.63, 3.8) is 0 Å². The lowest BCUT2D eigenvalue weighted by Crippen LogP contribution is -2.54. The fraction of sp³-hybridized carbons (Fsp3) is 0.294. The van der Waals surface area contributed by atoms with E-state index in [1.807, 2.05) is 6.07 Å². The molecule has 0 aliphatic carbocycles. The van der Waals surface area contributed by atoms with E-state index >= 15 is 0 Å². The van der Waals surface area contributed by atoms with Crippen LogP contribution in [0.1, 0.15) is 0 Å². The Hall–Kier alpha value is -1.73. The van der Waals surface area contributed by atoms with E-state index in [1.54, 1.807) is 30.6 Å². The highest BCUT2D eigenvalue weighted by molar-refractivity contribution is 6.31. The van der Waals surface area contributed by atoms with Gasteiger partial charge in [-0.3, -0.25) is 4.98 Å². The zero-order valence-electron chi connectivity index (χ0n) is 13.7. The van der Waals surface area contributed by atoms with E-state index in [9.17, 15) is 0 Å². The van der Waals surface area contributed by atoms with E-state index < -0.39 is 0 Å². The van der Waals surface area contributed by atoms with Crippen LogP contribution in [0.15, 0.2) is 41.1 Å². The second-order valence-electron chi connectivity index (χ2n) is 5.81. The number of fused-ring (bicyclic) bond motifs is 1. The third-order valence-corrected chi connectivity index (χ3v) is 4.50. The first kappa shape index (κ1) is 19.0. The standard InChI is InChI=1S/C17H16Cl2N4O2.ClH/c18-11-1-2-15-16(6-11)25-17(22-15)23-4-3-20-8-13(23)10-24-14-5-12(19)7-21-9-14;/h1-2,5-7,9,13,20H,3-4,8,10H2;1H. The van der Waals surface area contributed by atoms with E-state index in [1.165, 1.54) is 0 Å². The molecule has 6 nitrogen and oxygen atoms in total. The van der Waals surface area contributed by atoms with Crippen LogP contribution in [0, 0.1) is 0 Å². The highest BCUT2D eigenvalue weighted by Crippen LogP contribution is 2.26. The van der Waals surface area contributed by atoms with Crippen molar-refractivity contribution in [2.24, 2.45) is 0 Å². The molecule has 1 fully saturated rings. The molecule has 1 aliphatic heterocycles. The molecule has 2 aromatic heterocycles. The molecule has 1 aromatic carbocycles. The number of piperazine rings is 1. The highest BCUT2D eigenvalue weighted by Gasteiger charge is 2.27. The molecule has 4 rings (SSSR count). The summed E-state index contributed by atoms with van der Waals surface area (Å²) in [5, 5.41) is 4.55. The number of pyridine rings is 1. The summed E-state index contributed by atoms with van der Waals surface area (Å²) in [6.45, 7) is 2.87. The lowest BCUT2D eigenvalue weighted by atomic mass is 10.2. The van der Waals surface area contributed by atoms with E-state index in [4.69, 9.17) is 32.4 Å². The molecule has 9 heteroatoms. The minimum Gasteiger partial charge on any atom is -0.490 e. The third kappa shape index (κ3) is 4.15. The van der Waals surface area contributed by atoms with E-state index in [-0.39, 0.29) is 18.4 Å². The Morgan fingerprint density at radius 3 is 2.96 bits per heavy atom. The van der Waals surface area contributed by atoms with Crippen molar-refractivity contribution in [1.82, 2.24) is 15.3 Å². The highest BCUT2D eigenvalue weighted by atomic mass is 35.5. The number of nitrogens with one attached hydrogen (secondary N) is 1. The van der Waals surface area contributed by atoms with Gasteiger partial charge in [0.25, 0.3) is 6.01 Å². The van der Waals surface area contributed by atoms with E-state index in [0.717, 1.165) is 25.2 Å². The number of oxazole rings is 1.